The molecular formula is C22H24FN3OS. The number of piperazine rings is 1. The van der Waals surface area contributed by atoms with Crippen LogP contribution in [0.4, 0.5) is 10.1 Å². The lowest BCUT2D eigenvalue weighted by Gasteiger charge is -2.37. The van der Waals surface area contributed by atoms with Crippen molar-refractivity contribution in [2.24, 2.45) is 0 Å². The van der Waals surface area contributed by atoms with E-state index in [1.807, 2.05) is 10.3 Å². The normalized spacial score (nSPS) is 16.3. The highest BCUT2D eigenvalue weighted by molar-refractivity contribution is 7.09. The Hall–Kier alpha value is -2.28. The van der Waals surface area contributed by atoms with Crippen molar-refractivity contribution in [1.82, 2.24) is 9.88 Å². The van der Waals surface area contributed by atoms with E-state index in [0.717, 1.165) is 32.7 Å². The second-order valence-corrected chi connectivity index (χ2v) is 8.13. The van der Waals surface area contributed by atoms with E-state index in [1.165, 1.54) is 28.5 Å². The molecule has 0 aliphatic carbocycles. The van der Waals surface area contributed by atoms with E-state index in [2.05, 4.69) is 41.1 Å². The molecule has 0 spiro atoms. The number of aryl methyl sites for hydroxylation is 1. The Morgan fingerprint density at radius 1 is 1.11 bits per heavy atom. The molecule has 2 aromatic carbocycles. The number of halogens is 1. The first-order valence-corrected chi connectivity index (χ1v) is 10.4. The molecule has 1 unspecified atom stereocenters. The Morgan fingerprint density at radius 2 is 1.86 bits per heavy atom. The minimum atomic E-state index is -0.906. The molecule has 1 fully saturated rings. The fraction of sp³-hybridized carbons (Fsp3) is 0.318. The maximum atomic E-state index is 14.7. The van der Waals surface area contributed by atoms with Crippen molar-refractivity contribution in [2.45, 2.75) is 19.6 Å². The minimum absolute atomic E-state index is 0.292. The van der Waals surface area contributed by atoms with E-state index in [0.29, 0.717) is 16.3 Å². The van der Waals surface area contributed by atoms with Gasteiger partial charge < -0.3 is 10.0 Å². The minimum Gasteiger partial charge on any atom is -0.381 e. The first-order valence-electron chi connectivity index (χ1n) is 9.50. The van der Waals surface area contributed by atoms with Crippen LogP contribution in [0.15, 0.2) is 54.0 Å². The summed E-state index contributed by atoms with van der Waals surface area (Å²) in [6, 6.07) is 13.5. The fourth-order valence-corrected chi connectivity index (χ4v) is 4.31. The molecule has 1 aromatic heterocycles. The molecule has 1 N–H and O–H groups in total. The Morgan fingerprint density at radius 3 is 2.54 bits per heavy atom. The van der Waals surface area contributed by atoms with Crippen LogP contribution in [-0.2, 0) is 6.54 Å². The van der Waals surface area contributed by atoms with Gasteiger partial charge in [0.15, 0.2) is 0 Å². The van der Waals surface area contributed by atoms with Crippen LogP contribution in [0, 0.1) is 12.7 Å². The van der Waals surface area contributed by atoms with Crippen LogP contribution in [-0.4, -0.2) is 41.2 Å². The molecule has 1 aliphatic heterocycles. The van der Waals surface area contributed by atoms with Crippen LogP contribution in [0.1, 0.15) is 27.8 Å². The summed E-state index contributed by atoms with van der Waals surface area (Å²) in [5, 5.41) is 13.1. The van der Waals surface area contributed by atoms with E-state index in [9.17, 15) is 9.50 Å². The summed E-state index contributed by atoms with van der Waals surface area (Å²) < 4.78 is 14.7. The van der Waals surface area contributed by atoms with Crippen molar-refractivity contribution < 1.29 is 9.50 Å². The number of aliphatic hydroxyl groups excluding tert-OH is 1. The van der Waals surface area contributed by atoms with Crippen LogP contribution in [0.25, 0.3) is 0 Å². The maximum Gasteiger partial charge on any atom is 0.146 e. The largest absolute Gasteiger partial charge is 0.381 e. The fourth-order valence-electron chi connectivity index (χ4n) is 3.67. The van der Waals surface area contributed by atoms with Crippen molar-refractivity contribution in [3.05, 3.63) is 81.6 Å². The number of hydrogen-bond acceptors (Lipinski definition) is 5. The molecule has 146 valence electrons. The lowest BCUT2D eigenvalue weighted by atomic mass is 10.0. The predicted molar refractivity (Wildman–Crippen MR) is 111 cm³/mol. The van der Waals surface area contributed by atoms with Gasteiger partial charge in [-0.3, -0.25) is 4.90 Å². The zero-order chi connectivity index (χ0) is 19.5. The van der Waals surface area contributed by atoms with Crippen molar-refractivity contribution in [1.29, 1.82) is 0 Å². The summed E-state index contributed by atoms with van der Waals surface area (Å²) in [5.74, 6) is -0.292. The van der Waals surface area contributed by atoms with Crippen LogP contribution < -0.4 is 4.90 Å². The smallest absolute Gasteiger partial charge is 0.146 e. The number of anilines is 1. The van der Waals surface area contributed by atoms with Gasteiger partial charge in [-0.05, 0) is 18.6 Å². The second kappa shape index (κ2) is 8.39. The van der Waals surface area contributed by atoms with E-state index in [-0.39, 0.29) is 5.82 Å². The summed E-state index contributed by atoms with van der Waals surface area (Å²) in [7, 11) is 0. The molecule has 1 aliphatic rings. The summed E-state index contributed by atoms with van der Waals surface area (Å²) >= 11 is 1.38. The Bertz CT molecular complexity index is 906. The lowest BCUT2D eigenvalue weighted by Crippen LogP contribution is -2.46. The third-order valence-corrected chi connectivity index (χ3v) is 6.04. The van der Waals surface area contributed by atoms with E-state index in [1.54, 1.807) is 18.3 Å². The first-order chi connectivity index (χ1) is 13.6. The molecule has 4 nitrogen and oxygen atoms in total. The van der Waals surface area contributed by atoms with Crippen molar-refractivity contribution in [3.8, 4) is 0 Å². The molecule has 0 radical (unpaired) electrons. The number of hydrogen-bond donors (Lipinski definition) is 1. The monoisotopic (exact) mass is 397 g/mol. The van der Waals surface area contributed by atoms with E-state index >= 15 is 0 Å². The maximum absolute atomic E-state index is 14.7. The molecule has 6 heteroatoms. The average molecular weight is 398 g/mol. The topological polar surface area (TPSA) is 39.6 Å². The zero-order valence-corrected chi connectivity index (χ0v) is 16.7. The molecule has 1 saturated heterocycles. The summed E-state index contributed by atoms with van der Waals surface area (Å²) in [5.41, 5.74) is 3.64. The van der Waals surface area contributed by atoms with Crippen LogP contribution >= 0.6 is 11.3 Å². The number of para-hydroxylation sites is 1. The second-order valence-electron chi connectivity index (χ2n) is 7.20. The third-order valence-electron chi connectivity index (χ3n) is 5.21. The number of rotatable bonds is 5. The Labute approximate surface area is 168 Å². The Kier molecular flexibility index (Phi) is 5.71. The zero-order valence-electron chi connectivity index (χ0n) is 15.9. The number of aliphatic hydroxyl groups is 1. The van der Waals surface area contributed by atoms with Gasteiger partial charge in [-0.25, -0.2) is 9.37 Å². The van der Waals surface area contributed by atoms with Gasteiger partial charge in [-0.1, -0.05) is 42.0 Å². The number of nitrogens with zero attached hydrogens (tertiary/aromatic N) is 3. The Balaban J connectivity index is 1.48. The van der Waals surface area contributed by atoms with Crippen molar-refractivity contribution >= 4 is 17.0 Å². The molecule has 0 bridgehead atoms. The van der Waals surface area contributed by atoms with E-state index in [4.69, 9.17) is 0 Å². The molecular weight excluding hydrogens is 373 g/mol. The van der Waals surface area contributed by atoms with Gasteiger partial charge in [0.05, 0.1) is 5.69 Å². The number of thiazole rings is 1. The molecule has 2 heterocycles. The quantitative estimate of drug-likeness (QED) is 0.707. The average Bonchev–Trinajstić information content (AvgIpc) is 3.25. The summed E-state index contributed by atoms with van der Waals surface area (Å²) in [6.45, 7) is 6.16. The molecule has 0 saturated carbocycles. The van der Waals surface area contributed by atoms with Crippen LogP contribution in [0.3, 0.4) is 0 Å². The summed E-state index contributed by atoms with van der Waals surface area (Å²) in [6.07, 6.45) is 0.753. The van der Waals surface area contributed by atoms with Crippen LogP contribution in [0.2, 0.25) is 0 Å². The van der Waals surface area contributed by atoms with E-state index < -0.39 is 6.10 Å². The van der Waals surface area contributed by atoms with Gasteiger partial charge >= 0.3 is 0 Å². The van der Waals surface area contributed by atoms with Gasteiger partial charge in [-0.2, -0.15) is 0 Å². The van der Waals surface area contributed by atoms with Crippen molar-refractivity contribution in [3.63, 3.8) is 0 Å². The highest BCUT2D eigenvalue weighted by atomic mass is 32.1. The van der Waals surface area contributed by atoms with Gasteiger partial charge in [0.2, 0.25) is 0 Å². The molecule has 0 amide bonds. The van der Waals surface area contributed by atoms with Crippen LogP contribution in [0.5, 0.6) is 0 Å². The predicted octanol–water partition coefficient (Wildman–Crippen LogP) is 3.99. The molecule has 3 aromatic rings. The third kappa shape index (κ3) is 4.09. The highest BCUT2D eigenvalue weighted by Crippen LogP contribution is 2.34. The number of aromatic nitrogens is 1. The lowest BCUT2D eigenvalue weighted by molar-refractivity contribution is 0.218. The molecule has 28 heavy (non-hydrogen) atoms. The van der Waals surface area contributed by atoms with Gasteiger partial charge in [0, 0.05) is 49.9 Å². The van der Waals surface area contributed by atoms with Gasteiger partial charge in [0.1, 0.15) is 16.9 Å². The molecule has 4 rings (SSSR count). The highest BCUT2D eigenvalue weighted by Gasteiger charge is 2.26. The molecule has 1 atom stereocenters. The first kappa shape index (κ1) is 19.1. The number of benzene rings is 2. The summed E-state index contributed by atoms with van der Waals surface area (Å²) in [4.78, 5) is 8.63. The van der Waals surface area contributed by atoms with Gasteiger partial charge in [-0.15, -0.1) is 11.3 Å². The SMILES string of the molecule is Cc1ccc(CN2CCN(c3c(F)cccc3C(O)c3nccs3)CC2)cc1. The van der Waals surface area contributed by atoms with Crippen molar-refractivity contribution in [2.75, 3.05) is 31.1 Å². The standard InChI is InChI=1S/C22H24FN3OS/c1-16-5-7-17(8-6-16)15-25-10-12-26(13-11-25)20-18(3-2-4-19(20)23)21(27)22-24-9-14-28-22/h2-9,14,21,27H,10-13,15H2,1H3. The van der Waals surface area contributed by atoms with Gasteiger partial charge in [0.25, 0.3) is 0 Å².